The van der Waals surface area contributed by atoms with Gasteiger partial charge in [0.15, 0.2) is 6.10 Å². The molecule has 4 nitrogen and oxygen atoms in total. The molecule has 4 rings (SSSR count). The van der Waals surface area contributed by atoms with Gasteiger partial charge in [-0.05, 0) is 18.6 Å². The minimum absolute atomic E-state index is 0.0984. The highest BCUT2D eigenvalue weighted by atomic mass is 16.5. The van der Waals surface area contributed by atoms with E-state index in [-0.39, 0.29) is 11.7 Å². The van der Waals surface area contributed by atoms with Crippen LogP contribution in [0.5, 0.6) is 5.75 Å². The molecule has 25 heavy (non-hydrogen) atoms. The maximum atomic E-state index is 13.0. The van der Waals surface area contributed by atoms with Crippen LogP contribution in [-0.2, 0) is 0 Å². The highest BCUT2D eigenvalue weighted by Gasteiger charge is 2.42. The Balaban J connectivity index is 1.85. The molecule has 0 N–H and O–H groups in total. The van der Waals surface area contributed by atoms with Crippen LogP contribution in [0.25, 0.3) is 11.0 Å². The molecule has 0 bridgehead atoms. The predicted octanol–water partition coefficient (Wildman–Crippen LogP) is 4.32. The van der Waals surface area contributed by atoms with Crippen LogP contribution >= 0.6 is 0 Å². The van der Waals surface area contributed by atoms with Crippen molar-refractivity contribution < 1.29 is 13.9 Å². The van der Waals surface area contributed by atoms with Crippen LogP contribution in [0, 0.1) is 0 Å². The van der Waals surface area contributed by atoms with Crippen molar-refractivity contribution in [2.75, 3.05) is 0 Å². The normalized spacial score (nSPS) is 18.8. The summed E-state index contributed by atoms with van der Waals surface area (Å²) in [5.74, 6) is 0.117. The molecule has 2 aromatic carbocycles. The van der Waals surface area contributed by atoms with Crippen LogP contribution < -0.4 is 10.4 Å². The number of ether oxygens (including phenoxy) is 1. The number of para-hydroxylation sites is 1. The second kappa shape index (κ2) is 6.20. The summed E-state index contributed by atoms with van der Waals surface area (Å²) in [5.41, 5.74) is 1.16. The van der Waals surface area contributed by atoms with Crippen LogP contribution in [0.15, 0.2) is 63.8 Å². The van der Waals surface area contributed by atoms with Gasteiger partial charge in [0, 0.05) is 11.5 Å². The third-order valence-corrected chi connectivity index (χ3v) is 4.70. The second-order valence-corrected chi connectivity index (χ2v) is 6.29. The summed E-state index contributed by atoms with van der Waals surface area (Å²) in [7, 11) is 0. The minimum atomic E-state index is -0.689. The van der Waals surface area contributed by atoms with E-state index >= 15 is 0 Å². The molecule has 3 aromatic rings. The predicted molar refractivity (Wildman–Crippen MR) is 95.3 cm³/mol. The summed E-state index contributed by atoms with van der Waals surface area (Å²) in [6.45, 7) is 2.03. The number of carbonyl (C=O) groups is 1. The van der Waals surface area contributed by atoms with E-state index in [1.165, 1.54) is 0 Å². The van der Waals surface area contributed by atoms with E-state index in [2.05, 4.69) is 0 Å². The molecule has 1 aliphatic rings. The van der Waals surface area contributed by atoms with Crippen molar-refractivity contribution in [2.45, 2.75) is 31.8 Å². The van der Waals surface area contributed by atoms with Gasteiger partial charge in [-0.15, -0.1) is 0 Å². The number of benzene rings is 2. The van der Waals surface area contributed by atoms with Gasteiger partial charge in [0.2, 0.25) is 5.78 Å². The van der Waals surface area contributed by atoms with E-state index in [1.807, 2.05) is 43.3 Å². The number of carbonyl (C=O) groups excluding carboxylic acids is 1. The molecular weight excluding hydrogens is 316 g/mol. The number of Topliss-reactive ketones (excluding diaryl/α,β-unsaturated/α-hetero) is 1. The first kappa shape index (κ1) is 15.6. The highest BCUT2D eigenvalue weighted by molar-refractivity contribution is 6.01. The fraction of sp³-hybridized carbons (Fsp3) is 0.238. The lowest BCUT2D eigenvalue weighted by molar-refractivity contribution is 0.0789. The molecule has 0 amide bonds. The fourth-order valence-electron chi connectivity index (χ4n) is 3.55. The zero-order valence-electron chi connectivity index (χ0n) is 13.9. The first-order valence-electron chi connectivity index (χ1n) is 8.52. The number of fused-ring (bicyclic) bond motifs is 3. The first-order chi connectivity index (χ1) is 12.2. The molecule has 0 radical (unpaired) electrons. The van der Waals surface area contributed by atoms with Gasteiger partial charge in [-0.3, -0.25) is 4.79 Å². The lowest BCUT2D eigenvalue weighted by atomic mass is 9.88. The molecule has 4 heteroatoms. The Labute approximate surface area is 145 Å². The van der Waals surface area contributed by atoms with Crippen molar-refractivity contribution >= 4 is 16.8 Å². The molecule has 2 atom stereocenters. The highest BCUT2D eigenvalue weighted by Crippen LogP contribution is 2.43. The van der Waals surface area contributed by atoms with Gasteiger partial charge >= 0.3 is 5.63 Å². The largest absolute Gasteiger partial charge is 0.480 e. The van der Waals surface area contributed by atoms with Gasteiger partial charge in [-0.1, -0.05) is 55.8 Å². The Morgan fingerprint density at radius 3 is 2.52 bits per heavy atom. The molecule has 2 heterocycles. The van der Waals surface area contributed by atoms with Crippen molar-refractivity contribution in [3.05, 3.63) is 76.1 Å². The third-order valence-electron chi connectivity index (χ3n) is 4.70. The third kappa shape index (κ3) is 2.54. The maximum absolute atomic E-state index is 13.0. The zero-order valence-corrected chi connectivity index (χ0v) is 13.9. The molecular formula is C21H18O4. The van der Waals surface area contributed by atoms with Crippen LogP contribution in [-0.4, -0.2) is 11.9 Å². The summed E-state index contributed by atoms with van der Waals surface area (Å²) in [6.07, 6.45) is 0.850. The summed E-state index contributed by atoms with van der Waals surface area (Å²) in [4.78, 5) is 25.5. The average molecular weight is 334 g/mol. The molecule has 1 aromatic heterocycles. The van der Waals surface area contributed by atoms with Gasteiger partial charge < -0.3 is 9.15 Å². The van der Waals surface area contributed by atoms with Crippen LogP contribution in [0.3, 0.4) is 0 Å². The topological polar surface area (TPSA) is 56.5 Å². The van der Waals surface area contributed by atoms with Crippen molar-refractivity contribution in [3.8, 4) is 5.75 Å². The Hall–Kier alpha value is -2.88. The Morgan fingerprint density at radius 1 is 1.04 bits per heavy atom. The number of ketones is 1. The van der Waals surface area contributed by atoms with Crippen LogP contribution in [0.4, 0.5) is 0 Å². The Kier molecular flexibility index (Phi) is 3.88. The van der Waals surface area contributed by atoms with Gasteiger partial charge in [-0.25, -0.2) is 4.79 Å². The molecule has 0 fully saturated rings. The molecule has 0 unspecified atom stereocenters. The lowest BCUT2D eigenvalue weighted by Crippen LogP contribution is -2.30. The summed E-state index contributed by atoms with van der Waals surface area (Å²) >= 11 is 0. The van der Waals surface area contributed by atoms with Crippen molar-refractivity contribution in [1.82, 2.24) is 0 Å². The van der Waals surface area contributed by atoms with Crippen molar-refractivity contribution in [2.24, 2.45) is 0 Å². The quantitative estimate of drug-likeness (QED) is 0.527. The molecule has 126 valence electrons. The van der Waals surface area contributed by atoms with E-state index in [9.17, 15) is 9.59 Å². The molecule has 0 spiro atoms. The van der Waals surface area contributed by atoms with Crippen molar-refractivity contribution in [1.29, 1.82) is 0 Å². The van der Waals surface area contributed by atoms with E-state index in [4.69, 9.17) is 9.15 Å². The maximum Gasteiger partial charge on any atom is 0.343 e. The standard InChI is InChI=1S/C21H18O4/c1-2-8-15-17-19(14-11-6-7-12-16(14)24-21(17)23)25-20(15)18(22)13-9-4-3-5-10-13/h3-7,9-12,15,20H,2,8H2,1H3/t15-,20-/m0/s1. The molecule has 1 aliphatic heterocycles. The Bertz CT molecular complexity index is 988. The van der Waals surface area contributed by atoms with Gasteiger partial charge in [0.1, 0.15) is 11.3 Å². The second-order valence-electron chi connectivity index (χ2n) is 6.29. The van der Waals surface area contributed by atoms with E-state index in [0.717, 1.165) is 11.8 Å². The van der Waals surface area contributed by atoms with Gasteiger partial charge in [0.25, 0.3) is 0 Å². The summed E-state index contributed by atoms with van der Waals surface area (Å²) in [6, 6.07) is 16.3. The lowest BCUT2D eigenvalue weighted by Gasteiger charge is -2.17. The number of rotatable bonds is 4. The summed E-state index contributed by atoms with van der Waals surface area (Å²) in [5, 5.41) is 0.738. The monoisotopic (exact) mass is 334 g/mol. The molecule has 0 saturated heterocycles. The van der Waals surface area contributed by atoms with Gasteiger partial charge in [-0.2, -0.15) is 0 Å². The molecule has 0 saturated carbocycles. The fourth-order valence-corrected chi connectivity index (χ4v) is 3.55. The van der Waals surface area contributed by atoms with E-state index in [1.54, 1.807) is 18.2 Å². The number of hydrogen-bond donors (Lipinski definition) is 0. The van der Waals surface area contributed by atoms with Crippen molar-refractivity contribution in [3.63, 3.8) is 0 Å². The van der Waals surface area contributed by atoms with E-state index < -0.39 is 11.7 Å². The SMILES string of the molecule is CCC[C@H]1c2c(c3ccccc3oc2=O)O[C@@H]1C(=O)c1ccccc1. The number of hydrogen-bond acceptors (Lipinski definition) is 4. The average Bonchev–Trinajstić information content (AvgIpc) is 3.02. The smallest absolute Gasteiger partial charge is 0.343 e. The minimum Gasteiger partial charge on any atom is -0.480 e. The van der Waals surface area contributed by atoms with E-state index in [0.29, 0.717) is 28.9 Å². The van der Waals surface area contributed by atoms with Crippen LogP contribution in [0.2, 0.25) is 0 Å². The van der Waals surface area contributed by atoms with Gasteiger partial charge in [0.05, 0.1) is 10.9 Å². The first-order valence-corrected chi connectivity index (χ1v) is 8.52. The molecule has 0 aliphatic carbocycles. The Morgan fingerprint density at radius 2 is 1.76 bits per heavy atom. The summed E-state index contributed by atoms with van der Waals surface area (Å²) < 4.78 is 11.5. The van der Waals surface area contributed by atoms with Crippen LogP contribution in [0.1, 0.15) is 41.6 Å². The zero-order chi connectivity index (χ0) is 17.4.